The number of carbonyl (C=O) groups excluding carboxylic acids is 2. The lowest BCUT2D eigenvalue weighted by atomic mass is 9.95. The minimum Gasteiger partial charge on any atom is -0.211 e. The number of fused-ring (bicyclic) bond motifs is 1. The van der Waals surface area contributed by atoms with Gasteiger partial charge in [0.25, 0.3) is 0 Å². The van der Waals surface area contributed by atoms with Gasteiger partial charge in [-0.2, -0.15) is 9.98 Å². The second kappa shape index (κ2) is 9.80. The predicted molar refractivity (Wildman–Crippen MR) is 137 cm³/mol. The fraction of sp³-hybridized carbons (Fsp3) is 0.200. The maximum Gasteiger partial charge on any atom is 0.240 e. The van der Waals surface area contributed by atoms with Gasteiger partial charge in [0.05, 0.1) is 11.4 Å². The molecule has 0 atom stereocenters. The van der Waals surface area contributed by atoms with Crippen molar-refractivity contribution in [3.05, 3.63) is 105 Å². The second-order valence-corrected chi connectivity index (χ2v) is 8.93. The van der Waals surface area contributed by atoms with E-state index in [2.05, 4.69) is 70.6 Å². The molecule has 0 aliphatic rings. The van der Waals surface area contributed by atoms with E-state index in [1.165, 1.54) is 33.0 Å². The average molecular weight is 447 g/mol. The van der Waals surface area contributed by atoms with Gasteiger partial charge < -0.3 is 0 Å². The summed E-state index contributed by atoms with van der Waals surface area (Å²) >= 11 is 0. The van der Waals surface area contributed by atoms with Crippen LogP contribution in [0.5, 0.6) is 0 Å². The van der Waals surface area contributed by atoms with Crippen molar-refractivity contribution in [3.63, 3.8) is 0 Å². The largest absolute Gasteiger partial charge is 0.240 e. The van der Waals surface area contributed by atoms with E-state index in [0.29, 0.717) is 11.4 Å². The van der Waals surface area contributed by atoms with Crippen molar-refractivity contribution in [2.45, 2.75) is 40.5 Å². The van der Waals surface area contributed by atoms with Crippen LogP contribution in [0, 0.1) is 27.7 Å². The van der Waals surface area contributed by atoms with E-state index >= 15 is 0 Å². The number of isocyanates is 2. The fourth-order valence-corrected chi connectivity index (χ4v) is 4.78. The lowest BCUT2D eigenvalue weighted by Crippen LogP contribution is -1.93. The third-order valence-electron chi connectivity index (χ3n) is 6.20. The Morgan fingerprint density at radius 1 is 0.529 bits per heavy atom. The second-order valence-electron chi connectivity index (χ2n) is 8.93. The predicted octanol–water partition coefficient (Wildman–Crippen LogP) is 7.19. The van der Waals surface area contributed by atoms with Crippen molar-refractivity contribution in [1.29, 1.82) is 0 Å². The Kier molecular flexibility index (Phi) is 6.65. The van der Waals surface area contributed by atoms with E-state index in [0.717, 1.165) is 35.1 Å². The Bertz CT molecular complexity index is 1340. The lowest BCUT2D eigenvalue weighted by Gasteiger charge is -2.11. The quantitative estimate of drug-likeness (QED) is 0.232. The van der Waals surface area contributed by atoms with Crippen molar-refractivity contribution < 1.29 is 9.59 Å². The molecular weight excluding hydrogens is 420 g/mol. The summed E-state index contributed by atoms with van der Waals surface area (Å²) in [5.74, 6) is 0. The van der Waals surface area contributed by atoms with Crippen molar-refractivity contribution in [3.8, 4) is 0 Å². The summed E-state index contributed by atoms with van der Waals surface area (Å²) in [4.78, 5) is 29.0. The highest BCUT2D eigenvalue weighted by Gasteiger charge is 2.08. The molecule has 0 amide bonds. The molecular formula is C30H26N2O2. The number of benzene rings is 4. The Morgan fingerprint density at radius 2 is 0.882 bits per heavy atom. The SMILES string of the molecule is Cc1cc(Cc2ccc3cc(Cc4cc(C)c(N=C=O)c(C)c4)ccc3c2)cc(C)c1N=C=O. The Balaban J connectivity index is 1.57. The molecule has 0 bridgehead atoms. The highest BCUT2D eigenvalue weighted by molar-refractivity contribution is 5.84. The van der Waals surface area contributed by atoms with Crippen LogP contribution in [0.15, 0.2) is 70.6 Å². The first-order valence-corrected chi connectivity index (χ1v) is 11.3. The molecule has 0 spiro atoms. The van der Waals surface area contributed by atoms with Gasteiger partial charge in [-0.15, -0.1) is 0 Å². The zero-order valence-electron chi connectivity index (χ0n) is 19.9. The topological polar surface area (TPSA) is 58.9 Å². The van der Waals surface area contributed by atoms with Crippen LogP contribution in [0.3, 0.4) is 0 Å². The van der Waals surface area contributed by atoms with Crippen molar-refractivity contribution in [1.82, 2.24) is 0 Å². The first kappa shape index (κ1) is 23.1. The molecule has 4 rings (SSSR count). The van der Waals surface area contributed by atoms with Gasteiger partial charge in [-0.05, 0) is 95.8 Å². The molecule has 0 unspecified atom stereocenters. The summed E-state index contributed by atoms with van der Waals surface area (Å²) < 4.78 is 0. The van der Waals surface area contributed by atoms with Gasteiger partial charge in [-0.25, -0.2) is 9.59 Å². The zero-order valence-corrected chi connectivity index (χ0v) is 19.9. The van der Waals surface area contributed by atoms with Gasteiger partial charge in [0, 0.05) is 0 Å². The Labute approximate surface area is 199 Å². The van der Waals surface area contributed by atoms with E-state index < -0.39 is 0 Å². The number of hydrogen-bond acceptors (Lipinski definition) is 4. The molecule has 0 N–H and O–H groups in total. The van der Waals surface area contributed by atoms with Crippen LogP contribution in [0.2, 0.25) is 0 Å². The molecule has 0 heterocycles. The summed E-state index contributed by atoms with van der Waals surface area (Å²) in [6.07, 6.45) is 4.93. The highest BCUT2D eigenvalue weighted by atomic mass is 16.1. The van der Waals surface area contributed by atoms with Gasteiger partial charge >= 0.3 is 0 Å². The van der Waals surface area contributed by atoms with Crippen molar-refractivity contribution >= 4 is 34.3 Å². The average Bonchev–Trinajstić information content (AvgIpc) is 2.79. The van der Waals surface area contributed by atoms with E-state index in [4.69, 9.17) is 0 Å². The van der Waals surface area contributed by atoms with Crippen LogP contribution >= 0.6 is 0 Å². The highest BCUT2D eigenvalue weighted by Crippen LogP contribution is 2.28. The van der Waals surface area contributed by atoms with Crippen LogP contribution in [0.25, 0.3) is 10.8 Å². The molecule has 0 aliphatic carbocycles. The Morgan fingerprint density at radius 3 is 1.21 bits per heavy atom. The van der Waals surface area contributed by atoms with E-state index in [9.17, 15) is 9.59 Å². The van der Waals surface area contributed by atoms with Gasteiger partial charge in [0.2, 0.25) is 12.2 Å². The molecule has 0 saturated carbocycles. The number of rotatable bonds is 6. The molecule has 4 aromatic carbocycles. The third-order valence-corrected chi connectivity index (χ3v) is 6.20. The van der Waals surface area contributed by atoms with Gasteiger partial charge in [0.15, 0.2) is 0 Å². The van der Waals surface area contributed by atoms with Gasteiger partial charge in [-0.1, -0.05) is 60.7 Å². The normalized spacial score (nSPS) is 10.6. The van der Waals surface area contributed by atoms with E-state index in [-0.39, 0.29) is 0 Å². The maximum absolute atomic E-state index is 10.7. The molecule has 0 aliphatic heterocycles. The summed E-state index contributed by atoms with van der Waals surface area (Å²) in [7, 11) is 0. The van der Waals surface area contributed by atoms with Gasteiger partial charge in [-0.3, -0.25) is 0 Å². The Hall–Kier alpha value is -4.10. The van der Waals surface area contributed by atoms with Crippen LogP contribution in [-0.2, 0) is 22.4 Å². The maximum atomic E-state index is 10.7. The molecule has 4 heteroatoms. The standard InChI is InChI=1S/C30H26N2O2/c1-19-9-25(10-20(2)29(19)31-17-33)13-23-5-7-28-16-24(6-8-27(28)15-23)14-26-11-21(3)30(32-18-34)22(4)12-26/h5-12,15-16H,13-14H2,1-4H3. The molecule has 4 nitrogen and oxygen atoms in total. The number of aryl methyl sites for hydroxylation is 4. The first-order valence-electron chi connectivity index (χ1n) is 11.3. The number of aliphatic imine (C=N–C) groups is 2. The van der Waals surface area contributed by atoms with Crippen LogP contribution in [-0.4, -0.2) is 12.2 Å². The molecule has 168 valence electrons. The molecule has 0 radical (unpaired) electrons. The first-order chi connectivity index (χ1) is 16.4. The van der Waals surface area contributed by atoms with E-state index in [1.807, 2.05) is 27.7 Å². The summed E-state index contributed by atoms with van der Waals surface area (Å²) in [5.41, 5.74) is 10.2. The minimum atomic E-state index is 0.710. The third kappa shape index (κ3) is 4.94. The molecule has 34 heavy (non-hydrogen) atoms. The van der Waals surface area contributed by atoms with Crippen molar-refractivity contribution in [2.75, 3.05) is 0 Å². The minimum absolute atomic E-state index is 0.710. The smallest absolute Gasteiger partial charge is 0.211 e. The summed E-state index contributed by atoms with van der Waals surface area (Å²) in [5, 5.41) is 2.42. The van der Waals surface area contributed by atoms with Crippen LogP contribution < -0.4 is 0 Å². The van der Waals surface area contributed by atoms with Crippen LogP contribution in [0.1, 0.15) is 44.5 Å². The molecule has 4 aromatic rings. The number of nitrogens with zero attached hydrogens (tertiary/aromatic N) is 2. The van der Waals surface area contributed by atoms with Crippen molar-refractivity contribution in [2.24, 2.45) is 9.98 Å². The number of hydrogen-bond donors (Lipinski definition) is 0. The summed E-state index contributed by atoms with van der Waals surface area (Å²) in [6.45, 7) is 7.89. The fourth-order valence-electron chi connectivity index (χ4n) is 4.78. The van der Waals surface area contributed by atoms with Crippen LogP contribution in [0.4, 0.5) is 11.4 Å². The van der Waals surface area contributed by atoms with E-state index in [1.54, 1.807) is 12.2 Å². The monoisotopic (exact) mass is 446 g/mol. The molecule has 0 saturated heterocycles. The molecule has 0 aromatic heterocycles. The molecule has 0 fully saturated rings. The zero-order chi connectivity index (χ0) is 24.2. The lowest BCUT2D eigenvalue weighted by molar-refractivity contribution is 0.564. The summed E-state index contributed by atoms with van der Waals surface area (Å²) in [6, 6.07) is 21.5. The van der Waals surface area contributed by atoms with Gasteiger partial charge in [0.1, 0.15) is 0 Å².